The van der Waals surface area contributed by atoms with Crippen LogP contribution in [0.2, 0.25) is 10.0 Å². The van der Waals surface area contributed by atoms with Gasteiger partial charge in [0.25, 0.3) is 11.8 Å². The number of amides is 2. The van der Waals surface area contributed by atoms with Gasteiger partial charge < -0.3 is 19.1 Å². The van der Waals surface area contributed by atoms with Gasteiger partial charge in [-0.05, 0) is 42.0 Å². The first-order valence-electron chi connectivity index (χ1n) is 9.42. The van der Waals surface area contributed by atoms with Crippen LogP contribution < -0.4 is 14.9 Å². The maximum atomic E-state index is 12.2. The lowest BCUT2D eigenvalue weighted by Gasteiger charge is -2.26. The summed E-state index contributed by atoms with van der Waals surface area (Å²) in [6.07, 6.45) is 1.45. The summed E-state index contributed by atoms with van der Waals surface area (Å²) in [5.74, 6) is 0.287. The number of carbonyl (C=O) groups excluding carboxylic acids is 2. The number of nitrogens with one attached hydrogen (secondary N) is 1. The summed E-state index contributed by atoms with van der Waals surface area (Å²) in [5, 5.41) is 4.60. The van der Waals surface area contributed by atoms with Gasteiger partial charge in [-0.2, -0.15) is 5.10 Å². The summed E-state index contributed by atoms with van der Waals surface area (Å²) < 4.78 is 16.2. The number of hydrogen-bond acceptors (Lipinski definition) is 6. The molecule has 1 saturated heterocycles. The fourth-order valence-electron chi connectivity index (χ4n) is 2.83. The van der Waals surface area contributed by atoms with Crippen molar-refractivity contribution < 1.29 is 23.8 Å². The van der Waals surface area contributed by atoms with Crippen molar-refractivity contribution in [1.82, 2.24) is 10.3 Å². The van der Waals surface area contributed by atoms with E-state index in [4.69, 9.17) is 37.4 Å². The van der Waals surface area contributed by atoms with Gasteiger partial charge in [-0.15, -0.1) is 0 Å². The van der Waals surface area contributed by atoms with Crippen molar-refractivity contribution in [3.8, 4) is 11.5 Å². The fourth-order valence-corrected chi connectivity index (χ4v) is 3.32. The molecule has 1 fully saturated rings. The molecule has 2 aromatic rings. The van der Waals surface area contributed by atoms with E-state index in [0.29, 0.717) is 48.4 Å². The van der Waals surface area contributed by atoms with Crippen LogP contribution in [0.1, 0.15) is 15.9 Å². The molecule has 10 heteroatoms. The van der Waals surface area contributed by atoms with Crippen LogP contribution in [0.3, 0.4) is 0 Å². The van der Waals surface area contributed by atoms with Crippen LogP contribution in [0, 0.1) is 0 Å². The van der Waals surface area contributed by atoms with Crippen LogP contribution in [0.15, 0.2) is 41.5 Å². The predicted molar refractivity (Wildman–Crippen MR) is 117 cm³/mol. The number of carbonyl (C=O) groups is 2. The molecule has 31 heavy (non-hydrogen) atoms. The van der Waals surface area contributed by atoms with E-state index in [0.717, 1.165) is 0 Å². The van der Waals surface area contributed by atoms with Crippen LogP contribution in [-0.2, 0) is 9.53 Å². The Balaban J connectivity index is 1.58. The third-order valence-electron chi connectivity index (χ3n) is 4.46. The van der Waals surface area contributed by atoms with Crippen molar-refractivity contribution in [1.29, 1.82) is 0 Å². The number of nitrogens with zero attached hydrogens (tertiary/aromatic N) is 2. The van der Waals surface area contributed by atoms with Gasteiger partial charge in [0.15, 0.2) is 18.1 Å². The van der Waals surface area contributed by atoms with Gasteiger partial charge in [0.05, 0.1) is 37.1 Å². The molecule has 1 N–H and O–H groups in total. The fraction of sp³-hybridized carbons (Fsp3) is 0.286. The van der Waals surface area contributed by atoms with Crippen molar-refractivity contribution in [2.45, 2.75) is 0 Å². The molecule has 0 saturated carbocycles. The Morgan fingerprint density at radius 2 is 1.94 bits per heavy atom. The monoisotopic (exact) mass is 465 g/mol. The van der Waals surface area contributed by atoms with Gasteiger partial charge in [0.2, 0.25) is 0 Å². The van der Waals surface area contributed by atoms with Gasteiger partial charge in [0.1, 0.15) is 0 Å². The summed E-state index contributed by atoms with van der Waals surface area (Å²) >= 11 is 11.9. The Morgan fingerprint density at radius 3 is 2.65 bits per heavy atom. The Labute approximate surface area is 189 Å². The molecule has 0 aliphatic carbocycles. The molecular weight excluding hydrogens is 445 g/mol. The highest BCUT2D eigenvalue weighted by atomic mass is 35.5. The van der Waals surface area contributed by atoms with Crippen LogP contribution in [0.4, 0.5) is 0 Å². The number of halogens is 2. The molecule has 1 aliphatic rings. The van der Waals surface area contributed by atoms with Crippen molar-refractivity contribution in [3.05, 3.63) is 57.6 Å². The quantitative estimate of drug-likeness (QED) is 0.501. The second kappa shape index (κ2) is 11.0. The minimum Gasteiger partial charge on any atom is -0.493 e. The number of hydrogen-bond donors (Lipinski definition) is 1. The summed E-state index contributed by atoms with van der Waals surface area (Å²) in [6, 6.07) is 9.64. The zero-order valence-electron chi connectivity index (χ0n) is 16.8. The van der Waals surface area contributed by atoms with Crippen LogP contribution in [0.5, 0.6) is 11.5 Å². The predicted octanol–water partition coefficient (Wildman–Crippen LogP) is 3.00. The Bertz CT molecular complexity index is 977. The topological polar surface area (TPSA) is 89.5 Å². The van der Waals surface area contributed by atoms with Crippen LogP contribution in [-0.4, -0.2) is 62.9 Å². The van der Waals surface area contributed by atoms with Gasteiger partial charge in [-0.3, -0.25) is 9.59 Å². The minimum atomic E-state index is -0.466. The van der Waals surface area contributed by atoms with Crippen LogP contribution in [0.25, 0.3) is 0 Å². The number of hydrazone groups is 1. The second-order valence-electron chi connectivity index (χ2n) is 6.52. The lowest BCUT2D eigenvalue weighted by atomic mass is 10.2. The molecule has 8 nitrogen and oxygen atoms in total. The Morgan fingerprint density at radius 1 is 1.16 bits per heavy atom. The van der Waals surface area contributed by atoms with Gasteiger partial charge in [0, 0.05) is 18.1 Å². The molecule has 0 unspecified atom stereocenters. The average Bonchev–Trinajstić information content (AvgIpc) is 2.78. The third kappa shape index (κ3) is 6.33. The van der Waals surface area contributed by atoms with Crippen molar-refractivity contribution in [3.63, 3.8) is 0 Å². The average molecular weight is 466 g/mol. The third-order valence-corrected chi connectivity index (χ3v) is 5.01. The normalized spacial score (nSPS) is 13.8. The van der Waals surface area contributed by atoms with E-state index in [9.17, 15) is 9.59 Å². The molecule has 1 aliphatic heterocycles. The van der Waals surface area contributed by atoms with E-state index in [1.54, 1.807) is 29.2 Å². The Kier molecular flexibility index (Phi) is 8.11. The molecule has 1 heterocycles. The van der Waals surface area contributed by atoms with E-state index < -0.39 is 5.91 Å². The van der Waals surface area contributed by atoms with Crippen molar-refractivity contribution in [2.24, 2.45) is 5.10 Å². The molecule has 0 spiro atoms. The summed E-state index contributed by atoms with van der Waals surface area (Å²) in [6.45, 7) is 2.08. The van der Waals surface area contributed by atoms with Gasteiger partial charge in [-0.1, -0.05) is 23.2 Å². The number of methoxy groups -OCH3 is 1. The van der Waals surface area contributed by atoms with Gasteiger partial charge >= 0.3 is 0 Å². The molecule has 0 aromatic heterocycles. The summed E-state index contributed by atoms with van der Waals surface area (Å²) in [7, 11) is 1.50. The summed E-state index contributed by atoms with van der Waals surface area (Å²) in [4.78, 5) is 26.1. The lowest BCUT2D eigenvalue weighted by molar-refractivity contribution is -0.137. The highest BCUT2D eigenvalue weighted by Crippen LogP contribution is 2.27. The molecule has 164 valence electrons. The standard InChI is InChI=1S/C21H21Cl2N3O5/c1-29-19-10-14(12-24-25-21(28)16-4-3-15(22)11-17(16)23)2-5-18(19)31-13-20(27)26-6-8-30-9-7-26/h2-5,10-12H,6-9,13H2,1H3,(H,25,28)/b24-12-. The molecule has 0 radical (unpaired) electrons. The van der Waals surface area contributed by atoms with Crippen molar-refractivity contribution >= 4 is 41.2 Å². The van der Waals surface area contributed by atoms with E-state index in [1.807, 2.05) is 0 Å². The first-order chi connectivity index (χ1) is 15.0. The van der Waals surface area contributed by atoms with E-state index in [-0.39, 0.29) is 23.1 Å². The largest absolute Gasteiger partial charge is 0.493 e. The first-order valence-corrected chi connectivity index (χ1v) is 10.2. The Hall–Kier alpha value is -2.81. The highest BCUT2D eigenvalue weighted by Gasteiger charge is 2.18. The number of morpholine rings is 1. The molecule has 3 rings (SSSR count). The maximum Gasteiger partial charge on any atom is 0.272 e. The second-order valence-corrected chi connectivity index (χ2v) is 7.36. The van der Waals surface area contributed by atoms with Crippen molar-refractivity contribution in [2.75, 3.05) is 40.0 Å². The highest BCUT2D eigenvalue weighted by molar-refractivity contribution is 6.36. The molecular formula is C21H21Cl2N3O5. The van der Waals surface area contributed by atoms with Gasteiger partial charge in [-0.25, -0.2) is 5.43 Å². The SMILES string of the molecule is COc1cc(/C=N\NC(=O)c2ccc(Cl)cc2Cl)ccc1OCC(=O)N1CCOCC1. The van der Waals surface area contributed by atoms with E-state index in [2.05, 4.69) is 10.5 Å². The van der Waals surface area contributed by atoms with E-state index in [1.165, 1.54) is 25.5 Å². The smallest absolute Gasteiger partial charge is 0.272 e. The first kappa shape index (κ1) is 22.9. The lowest BCUT2D eigenvalue weighted by Crippen LogP contribution is -2.43. The summed E-state index contributed by atoms with van der Waals surface area (Å²) in [5.41, 5.74) is 3.32. The molecule has 0 atom stereocenters. The number of rotatable bonds is 7. The maximum absolute atomic E-state index is 12.2. The van der Waals surface area contributed by atoms with Crippen LogP contribution >= 0.6 is 23.2 Å². The molecule has 2 amide bonds. The molecule has 2 aromatic carbocycles. The molecule has 0 bridgehead atoms. The number of benzene rings is 2. The zero-order chi connectivity index (χ0) is 22.2. The van der Waals surface area contributed by atoms with E-state index >= 15 is 0 Å². The zero-order valence-corrected chi connectivity index (χ0v) is 18.3. The number of ether oxygens (including phenoxy) is 3. The minimum absolute atomic E-state index is 0.0955.